The fourth-order valence-corrected chi connectivity index (χ4v) is 5.00. The van der Waals surface area contributed by atoms with Crippen LogP contribution in [0.1, 0.15) is 48.6 Å². The van der Waals surface area contributed by atoms with Gasteiger partial charge in [-0.1, -0.05) is 62.4 Å². The molecule has 0 saturated carbocycles. The zero-order valence-electron chi connectivity index (χ0n) is 20.9. The van der Waals surface area contributed by atoms with E-state index < -0.39 is 5.60 Å². The summed E-state index contributed by atoms with van der Waals surface area (Å²) in [5.74, 6) is 0.337. The molecule has 1 N–H and O–H groups in total. The van der Waals surface area contributed by atoms with Gasteiger partial charge in [0.25, 0.3) is 0 Å². The number of fused-ring (bicyclic) bond motifs is 6. The maximum absolute atomic E-state index is 12.5. The first-order valence-electron chi connectivity index (χ1n) is 12.4. The Hall–Kier alpha value is -3.56. The van der Waals surface area contributed by atoms with Crippen LogP contribution in [-0.4, -0.2) is 16.3 Å². The molecule has 35 heavy (non-hydrogen) atoms. The second-order valence-electron chi connectivity index (χ2n) is 10.00. The first-order valence-corrected chi connectivity index (χ1v) is 12.4. The van der Waals surface area contributed by atoms with E-state index >= 15 is 0 Å². The Morgan fingerprint density at radius 3 is 2.63 bits per heavy atom. The zero-order valence-corrected chi connectivity index (χ0v) is 20.9. The Morgan fingerprint density at radius 1 is 1.00 bits per heavy atom. The minimum Gasteiger partial charge on any atom is -0.376 e. The van der Waals surface area contributed by atoms with E-state index in [-0.39, 0.29) is 0 Å². The summed E-state index contributed by atoms with van der Waals surface area (Å²) in [6, 6.07) is 23.3. The van der Waals surface area contributed by atoms with Crippen molar-refractivity contribution in [1.29, 1.82) is 0 Å². The molecule has 5 rings (SSSR count). The lowest BCUT2D eigenvalue weighted by atomic mass is 9.79. The molecular weight excluding hydrogens is 428 g/mol. The van der Waals surface area contributed by atoms with Crippen LogP contribution in [0.5, 0.6) is 0 Å². The molecule has 1 aliphatic rings. The van der Waals surface area contributed by atoms with Gasteiger partial charge in [0, 0.05) is 24.0 Å². The maximum Gasteiger partial charge on any atom is 0.138 e. The molecule has 6 bridgehead atoms. The first-order chi connectivity index (χ1) is 16.9. The number of nitrogens with zero attached hydrogens (tertiary/aromatic N) is 2. The molecule has 3 aromatic carbocycles. The van der Waals surface area contributed by atoms with Gasteiger partial charge in [0.05, 0.1) is 5.52 Å². The number of aliphatic hydroxyl groups is 1. The highest BCUT2D eigenvalue weighted by Gasteiger charge is 2.34. The van der Waals surface area contributed by atoms with Crippen molar-refractivity contribution in [2.24, 2.45) is 10.9 Å². The zero-order chi connectivity index (χ0) is 24.6. The van der Waals surface area contributed by atoms with Crippen LogP contribution in [0.2, 0.25) is 0 Å². The number of hydrogen-bond donors (Lipinski definition) is 1. The second-order valence-corrected chi connectivity index (χ2v) is 10.00. The molecule has 0 fully saturated rings. The summed E-state index contributed by atoms with van der Waals surface area (Å²) in [5.41, 5.74) is 8.17. The summed E-state index contributed by atoms with van der Waals surface area (Å²) in [5, 5.41) is 13.5. The number of aromatic nitrogens is 1. The average Bonchev–Trinajstić information content (AvgIpc) is 2.86. The Balaban J connectivity index is 1.82. The molecule has 1 aliphatic carbocycles. The van der Waals surface area contributed by atoms with E-state index in [1.54, 1.807) is 6.20 Å². The first kappa shape index (κ1) is 23.2. The SMILES string of the molecule is C/C(=C\N=CC(C)C)C1(O)c2ccc(C)c(c2)CCc2cccc(c2)-c2ccnc3ccc1cc23. The standard InChI is InChI=1S/C32H32N2O/c1-21(2)19-33-20-23(4)32(35)27-11-8-22(3)25(17-27)10-9-24-6-5-7-26(16-24)29-14-15-34-31-13-12-28(32)18-30(29)31/h5-8,11-21,35H,9-10H2,1-4H3/b23-20+,33-19?. The molecule has 0 aliphatic heterocycles. The van der Waals surface area contributed by atoms with Crippen LogP contribution in [0.25, 0.3) is 22.0 Å². The molecule has 4 aromatic rings. The maximum atomic E-state index is 12.5. The summed E-state index contributed by atoms with van der Waals surface area (Å²) in [7, 11) is 0. The fourth-order valence-electron chi connectivity index (χ4n) is 5.00. The van der Waals surface area contributed by atoms with Crippen LogP contribution in [0, 0.1) is 12.8 Å². The molecule has 176 valence electrons. The van der Waals surface area contributed by atoms with Crippen LogP contribution in [-0.2, 0) is 18.4 Å². The highest BCUT2D eigenvalue weighted by atomic mass is 16.3. The van der Waals surface area contributed by atoms with Crippen LogP contribution in [0.4, 0.5) is 0 Å². The lowest BCUT2D eigenvalue weighted by Gasteiger charge is -2.31. The van der Waals surface area contributed by atoms with Crippen LogP contribution < -0.4 is 0 Å². The van der Waals surface area contributed by atoms with Gasteiger partial charge in [-0.15, -0.1) is 0 Å². The largest absolute Gasteiger partial charge is 0.376 e. The van der Waals surface area contributed by atoms with Crippen molar-refractivity contribution in [3.63, 3.8) is 0 Å². The molecule has 0 radical (unpaired) electrons. The van der Waals surface area contributed by atoms with Crippen molar-refractivity contribution in [1.82, 2.24) is 4.98 Å². The predicted octanol–water partition coefficient (Wildman–Crippen LogP) is 7.18. The van der Waals surface area contributed by atoms with Gasteiger partial charge >= 0.3 is 0 Å². The summed E-state index contributed by atoms with van der Waals surface area (Å²) in [6.07, 6.45) is 7.43. The summed E-state index contributed by atoms with van der Waals surface area (Å²) >= 11 is 0. The fraction of sp³-hybridized carbons (Fsp3) is 0.250. The van der Waals surface area contributed by atoms with Gasteiger partial charge in [-0.05, 0) is 95.3 Å². The minimum absolute atomic E-state index is 0.337. The second kappa shape index (κ2) is 9.24. The van der Waals surface area contributed by atoms with Gasteiger partial charge < -0.3 is 5.11 Å². The van der Waals surface area contributed by atoms with Crippen LogP contribution >= 0.6 is 0 Å². The smallest absolute Gasteiger partial charge is 0.138 e. The van der Waals surface area contributed by atoms with Crippen LogP contribution in [0.15, 0.2) is 89.7 Å². The summed E-state index contributed by atoms with van der Waals surface area (Å²) in [6.45, 7) is 8.31. The topological polar surface area (TPSA) is 45.5 Å². The summed E-state index contributed by atoms with van der Waals surface area (Å²) in [4.78, 5) is 9.15. The number of hydrogen-bond acceptors (Lipinski definition) is 3. The number of benzene rings is 3. The highest BCUT2D eigenvalue weighted by molar-refractivity contribution is 5.95. The number of aliphatic imine (C=N–C) groups is 1. The molecule has 1 aromatic heterocycles. The normalized spacial score (nSPS) is 18.1. The monoisotopic (exact) mass is 460 g/mol. The van der Waals surface area contributed by atoms with Crippen LogP contribution in [0.3, 0.4) is 0 Å². The number of aryl methyl sites for hydroxylation is 3. The third kappa shape index (κ3) is 4.33. The van der Waals surface area contributed by atoms with E-state index in [1.165, 1.54) is 22.3 Å². The molecule has 0 amide bonds. The Kier molecular flexibility index (Phi) is 6.12. The quantitative estimate of drug-likeness (QED) is 0.329. The van der Waals surface area contributed by atoms with Crippen molar-refractivity contribution in [2.45, 2.75) is 46.1 Å². The van der Waals surface area contributed by atoms with Gasteiger partial charge in [-0.25, -0.2) is 0 Å². The van der Waals surface area contributed by atoms with E-state index in [1.807, 2.05) is 31.5 Å². The third-order valence-electron chi connectivity index (χ3n) is 7.07. The molecule has 1 unspecified atom stereocenters. The lowest BCUT2D eigenvalue weighted by molar-refractivity contribution is 0.121. The molecule has 0 saturated heterocycles. The Bertz CT molecular complexity index is 1460. The molecule has 1 heterocycles. The average molecular weight is 461 g/mol. The molecular formula is C32H32N2O. The molecule has 1 atom stereocenters. The minimum atomic E-state index is -1.31. The van der Waals surface area contributed by atoms with E-state index in [0.29, 0.717) is 5.92 Å². The predicted molar refractivity (Wildman–Crippen MR) is 146 cm³/mol. The van der Waals surface area contributed by atoms with Gasteiger partial charge in [0.1, 0.15) is 5.60 Å². The van der Waals surface area contributed by atoms with Gasteiger partial charge in [0.2, 0.25) is 0 Å². The Labute approximate surface area is 207 Å². The lowest BCUT2D eigenvalue weighted by Crippen LogP contribution is -2.29. The van der Waals surface area contributed by atoms with Crippen molar-refractivity contribution >= 4 is 17.1 Å². The third-order valence-corrected chi connectivity index (χ3v) is 7.07. The van der Waals surface area contributed by atoms with E-state index in [4.69, 9.17) is 0 Å². The van der Waals surface area contributed by atoms with E-state index in [0.717, 1.165) is 46.0 Å². The molecule has 3 heteroatoms. The van der Waals surface area contributed by atoms with Crippen molar-refractivity contribution < 1.29 is 5.11 Å². The van der Waals surface area contributed by atoms with Crippen molar-refractivity contribution in [3.05, 3.63) is 113 Å². The Morgan fingerprint density at radius 2 is 1.80 bits per heavy atom. The highest BCUT2D eigenvalue weighted by Crippen LogP contribution is 2.40. The van der Waals surface area contributed by atoms with Gasteiger partial charge in [-0.3, -0.25) is 9.98 Å². The van der Waals surface area contributed by atoms with E-state index in [2.05, 4.69) is 85.3 Å². The summed E-state index contributed by atoms with van der Waals surface area (Å²) < 4.78 is 0. The molecule has 3 nitrogen and oxygen atoms in total. The number of pyridine rings is 1. The van der Waals surface area contributed by atoms with Crippen molar-refractivity contribution in [2.75, 3.05) is 0 Å². The molecule has 0 spiro atoms. The van der Waals surface area contributed by atoms with E-state index in [9.17, 15) is 5.11 Å². The number of rotatable bonds is 3. The van der Waals surface area contributed by atoms with Gasteiger partial charge in [0.15, 0.2) is 0 Å². The van der Waals surface area contributed by atoms with Crippen molar-refractivity contribution in [3.8, 4) is 11.1 Å². The van der Waals surface area contributed by atoms with Gasteiger partial charge in [-0.2, -0.15) is 0 Å².